The van der Waals surface area contributed by atoms with E-state index in [1.807, 2.05) is 6.92 Å². The molecule has 0 aromatic carbocycles. The average Bonchev–Trinajstić information content (AvgIpc) is 3.05. The minimum absolute atomic E-state index is 0.202. The molecule has 8 nitrogen and oxygen atoms in total. The first-order valence-electron chi connectivity index (χ1n) is 8.12. The lowest BCUT2D eigenvalue weighted by Gasteiger charge is -2.31. The Morgan fingerprint density at radius 2 is 2.29 bits per heavy atom. The number of hydrazine groups is 1. The standard InChI is InChI=1S/C16H21N5O3/c1-3-24-16(23)12-5-4-8-20(10-12)19-15(22)13-9-17-14-6-7-18-21(14)11(13)2/h6-7,9,12H,3-5,8,10H2,1-2H3,(H,19,22)/t12-/m0/s1. The monoisotopic (exact) mass is 331 g/mol. The topological polar surface area (TPSA) is 88.8 Å². The number of carbonyl (C=O) groups is 2. The lowest BCUT2D eigenvalue weighted by Crippen LogP contribution is -2.49. The zero-order valence-corrected chi connectivity index (χ0v) is 13.9. The quantitative estimate of drug-likeness (QED) is 0.840. The smallest absolute Gasteiger partial charge is 0.310 e. The highest BCUT2D eigenvalue weighted by Gasteiger charge is 2.28. The van der Waals surface area contributed by atoms with Crippen LogP contribution in [0.2, 0.25) is 0 Å². The van der Waals surface area contributed by atoms with Gasteiger partial charge in [-0.1, -0.05) is 0 Å². The number of rotatable bonds is 4. The second-order valence-electron chi connectivity index (χ2n) is 5.84. The number of aromatic nitrogens is 3. The Hall–Kier alpha value is -2.48. The molecule has 1 N–H and O–H groups in total. The molecular weight excluding hydrogens is 310 g/mol. The van der Waals surface area contributed by atoms with Crippen molar-refractivity contribution in [1.82, 2.24) is 25.0 Å². The maximum Gasteiger partial charge on any atom is 0.310 e. The molecule has 0 unspecified atom stereocenters. The van der Waals surface area contributed by atoms with Gasteiger partial charge >= 0.3 is 5.97 Å². The zero-order valence-electron chi connectivity index (χ0n) is 13.9. The van der Waals surface area contributed by atoms with Gasteiger partial charge < -0.3 is 4.74 Å². The third-order valence-electron chi connectivity index (χ3n) is 4.20. The van der Waals surface area contributed by atoms with Crippen LogP contribution in [-0.4, -0.2) is 51.2 Å². The first kappa shape index (κ1) is 16.4. The van der Waals surface area contributed by atoms with Gasteiger partial charge in [0, 0.05) is 25.4 Å². The van der Waals surface area contributed by atoms with Gasteiger partial charge in [0.05, 0.1) is 30.0 Å². The molecule has 0 radical (unpaired) electrons. The van der Waals surface area contributed by atoms with E-state index in [1.54, 1.807) is 34.9 Å². The summed E-state index contributed by atoms with van der Waals surface area (Å²) in [5, 5.41) is 5.94. The van der Waals surface area contributed by atoms with Gasteiger partial charge in [0.25, 0.3) is 5.91 Å². The van der Waals surface area contributed by atoms with Gasteiger partial charge in [0.15, 0.2) is 5.65 Å². The van der Waals surface area contributed by atoms with Crippen LogP contribution < -0.4 is 5.43 Å². The van der Waals surface area contributed by atoms with E-state index in [2.05, 4.69) is 15.5 Å². The molecule has 2 aromatic rings. The SMILES string of the molecule is CCOC(=O)[C@H]1CCCN(NC(=O)c2cnc3ccnn3c2C)C1. The van der Waals surface area contributed by atoms with Crippen LogP contribution in [0.3, 0.4) is 0 Å². The number of hydrogen-bond acceptors (Lipinski definition) is 6. The van der Waals surface area contributed by atoms with E-state index in [-0.39, 0.29) is 17.8 Å². The minimum atomic E-state index is -0.248. The van der Waals surface area contributed by atoms with Gasteiger partial charge in [-0.25, -0.2) is 14.5 Å². The van der Waals surface area contributed by atoms with E-state index < -0.39 is 0 Å². The van der Waals surface area contributed by atoms with Gasteiger partial charge in [-0.3, -0.25) is 15.0 Å². The third kappa shape index (κ3) is 3.23. The molecule has 2 aromatic heterocycles. The van der Waals surface area contributed by atoms with Crippen LogP contribution in [0.5, 0.6) is 0 Å². The molecule has 0 saturated carbocycles. The molecule has 1 atom stereocenters. The molecule has 0 bridgehead atoms. The summed E-state index contributed by atoms with van der Waals surface area (Å²) in [4.78, 5) is 28.7. The zero-order chi connectivity index (χ0) is 17.1. The molecule has 1 aliphatic rings. The van der Waals surface area contributed by atoms with Gasteiger partial charge in [0.1, 0.15) is 0 Å². The summed E-state index contributed by atoms with van der Waals surface area (Å²) in [7, 11) is 0. The fourth-order valence-electron chi connectivity index (χ4n) is 2.95. The van der Waals surface area contributed by atoms with Crippen LogP contribution >= 0.6 is 0 Å². The van der Waals surface area contributed by atoms with E-state index in [0.717, 1.165) is 18.5 Å². The second kappa shape index (κ2) is 6.96. The van der Waals surface area contributed by atoms with E-state index in [0.29, 0.717) is 30.9 Å². The van der Waals surface area contributed by atoms with Crippen molar-refractivity contribution in [2.45, 2.75) is 26.7 Å². The first-order valence-corrected chi connectivity index (χ1v) is 8.12. The number of aryl methyl sites for hydroxylation is 1. The Balaban J connectivity index is 1.69. The first-order chi connectivity index (χ1) is 11.6. The van der Waals surface area contributed by atoms with E-state index in [1.165, 1.54) is 0 Å². The molecule has 3 rings (SSSR count). The molecule has 8 heteroatoms. The minimum Gasteiger partial charge on any atom is -0.466 e. The van der Waals surface area contributed by atoms with Crippen LogP contribution in [0, 0.1) is 12.8 Å². The van der Waals surface area contributed by atoms with Crippen LogP contribution in [0.15, 0.2) is 18.5 Å². The summed E-state index contributed by atoms with van der Waals surface area (Å²) in [5.74, 6) is -0.652. The molecule has 0 spiro atoms. The Kier molecular flexibility index (Phi) is 4.75. The molecule has 1 fully saturated rings. The van der Waals surface area contributed by atoms with E-state index in [9.17, 15) is 9.59 Å². The maximum absolute atomic E-state index is 12.6. The highest BCUT2D eigenvalue weighted by atomic mass is 16.5. The molecule has 24 heavy (non-hydrogen) atoms. The number of esters is 1. The Bertz CT molecular complexity index is 757. The van der Waals surface area contributed by atoms with Crippen LogP contribution in [0.25, 0.3) is 5.65 Å². The number of nitrogens with one attached hydrogen (secondary N) is 1. The number of piperidine rings is 1. The fraction of sp³-hybridized carbons (Fsp3) is 0.500. The van der Waals surface area contributed by atoms with Gasteiger partial charge in [0.2, 0.25) is 0 Å². The summed E-state index contributed by atoms with van der Waals surface area (Å²) in [6.45, 7) is 5.16. The summed E-state index contributed by atoms with van der Waals surface area (Å²) in [5.41, 5.74) is 4.75. The summed E-state index contributed by atoms with van der Waals surface area (Å²) < 4.78 is 6.71. The van der Waals surface area contributed by atoms with Gasteiger partial charge in [-0.15, -0.1) is 0 Å². The van der Waals surface area contributed by atoms with Crippen molar-refractivity contribution in [3.05, 3.63) is 29.7 Å². The summed E-state index contributed by atoms with van der Waals surface area (Å²) in [6, 6.07) is 1.78. The number of carbonyl (C=O) groups excluding carboxylic acids is 2. The maximum atomic E-state index is 12.6. The van der Waals surface area contributed by atoms with Crippen molar-refractivity contribution >= 4 is 17.5 Å². The summed E-state index contributed by atoms with van der Waals surface area (Å²) in [6.07, 6.45) is 4.81. The van der Waals surface area contributed by atoms with E-state index >= 15 is 0 Å². The van der Waals surface area contributed by atoms with Crippen LogP contribution in [-0.2, 0) is 9.53 Å². The van der Waals surface area contributed by atoms with E-state index in [4.69, 9.17) is 4.74 Å². The number of ether oxygens (including phenoxy) is 1. The van der Waals surface area contributed by atoms with Gasteiger partial charge in [-0.2, -0.15) is 5.10 Å². The lowest BCUT2D eigenvalue weighted by atomic mass is 9.99. The predicted octanol–water partition coefficient (Wildman–Crippen LogP) is 0.958. The number of hydrogen-bond donors (Lipinski definition) is 1. The molecule has 3 heterocycles. The second-order valence-corrected chi connectivity index (χ2v) is 5.84. The third-order valence-corrected chi connectivity index (χ3v) is 4.20. The normalized spacial score (nSPS) is 18.5. The van der Waals surface area contributed by atoms with Crippen molar-refractivity contribution in [2.24, 2.45) is 5.92 Å². The number of amides is 1. The fourth-order valence-corrected chi connectivity index (χ4v) is 2.95. The molecule has 1 aliphatic heterocycles. The van der Waals surface area contributed by atoms with Crippen LogP contribution in [0.1, 0.15) is 35.8 Å². The number of nitrogens with zero attached hydrogens (tertiary/aromatic N) is 4. The Morgan fingerprint density at radius 3 is 3.08 bits per heavy atom. The summed E-state index contributed by atoms with van der Waals surface area (Å²) >= 11 is 0. The Morgan fingerprint density at radius 1 is 1.46 bits per heavy atom. The molecule has 1 amide bonds. The van der Waals surface area contributed by atoms with Crippen molar-refractivity contribution in [3.63, 3.8) is 0 Å². The number of fused-ring (bicyclic) bond motifs is 1. The lowest BCUT2D eigenvalue weighted by molar-refractivity contribution is -0.150. The molecule has 1 saturated heterocycles. The van der Waals surface area contributed by atoms with Crippen molar-refractivity contribution in [3.8, 4) is 0 Å². The van der Waals surface area contributed by atoms with Crippen molar-refractivity contribution in [2.75, 3.05) is 19.7 Å². The van der Waals surface area contributed by atoms with Gasteiger partial charge in [-0.05, 0) is 26.7 Å². The van der Waals surface area contributed by atoms with Crippen molar-refractivity contribution in [1.29, 1.82) is 0 Å². The predicted molar refractivity (Wildman–Crippen MR) is 86.1 cm³/mol. The van der Waals surface area contributed by atoms with Crippen molar-refractivity contribution < 1.29 is 14.3 Å². The average molecular weight is 331 g/mol. The van der Waals surface area contributed by atoms with Crippen LogP contribution in [0.4, 0.5) is 0 Å². The largest absolute Gasteiger partial charge is 0.466 e. The highest BCUT2D eigenvalue weighted by molar-refractivity contribution is 5.94. The Labute approximate surface area is 139 Å². The highest BCUT2D eigenvalue weighted by Crippen LogP contribution is 2.17. The molecule has 0 aliphatic carbocycles. The molecule has 128 valence electrons. The molecular formula is C16H21N5O3.